The molecule has 1 aliphatic rings. The second-order valence-corrected chi connectivity index (χ2v) is 2.73. The van der Waals surface area contributed by atoms with Crippen LogP contribution in [0.15, 0.2) is 12.2 Å². The summed E-state index contributed by atoms with van der Waals surface area (Å²) in [4.78, 5) is 32.4. The van der Waals surface area contributed by atoms with Gasteiger partial charge in [-0.05, 0) is 6.26 Å². The van der Waals surface area contributed by atoms with Gasteiger partial charge in [0.05, 0.1) is 0 Å². The quantitative estimate of drug-likeness (QED) is 0.581. The molecule has 0 aliphatic carbocycles. The van der Waals surface area contributed by atoms with E-state index in [9.17, 15) is 14.4 Å². The molecule has 0 fully saturated rings. The van der Waals surface area contributed by atoms with Crippen molar-refractivity contribution >= 4 is 28.8 Å². The first-order valence-corrected chi connectivity index (χ1v) is 4.28. The molecule has 1 heterocycles. The Bertz CT molecular complexity index is 256. The van der Waals surface area contributed by atoms with Crippen LogP contribution in [-0.2, 0) is 9.59 Å². The molecular formula is C6H6N2O3S. The Kier molecular flexibility index (Phi) is 2.49. The second-order valence-electron chi connectivity index (χ2n) is 1.95. The van der Waals surface area contributed by atoms with E-state index in [1.54, 1.807) is 6.26 Å². The zero-order chi connectivity index (χ0) is 9.14. The van der Waals surface area contributed by atoms with Crippen LogP contribution in [0, 0.1) is 0 Å². The van der Waals surface area contributed by atoms with E-state index in [1.165, 1.54) is 0 Å². The van der Waals surface area contributed by atoms with Gasteiger partial charge in [-0.3, -0.25) is 14.4 Å². The monoisotopic (exact) mass is 186 g/mol. The maximum absolute atomic E-state index is 10.8. The average molecular weight is 186 g/mol. The summed E-state index contributed by atoms with van der Waals surface area (Å²) in [6.45, 7) is 0. The highest BCUT2D eigenvalue weighted by molar-refractivity contribution is 8.12. The maximum atomic E-state index is 10.8. The van der Waals surface area contributed by atoms with Gasteiger partial charge in [0.15, 0.2) is 0 Å². The van der Waals surface area contributed by atoms with E-state index in [0.29, 0.717) is 5.01 Å². The van der Waals surface area contributed by atoms with E-state index in [0.717, 1.165) is 23.9 Å². The predicted molar refractivity (Wildman–Crippen MR) is 43.0 cm³/mol. The third-order valence-corrected chi connectivity index (χ3v) is 1.66. The van der Waals surface area contributed by atoms with Crippen molar-refractivity contribution in [3.63, 3.8) is 0 Å². The maximum Gasteiger partial charge on any atom is 0.297 e. The molecule has 12 heavy (non-hydrogen) atoms. The molecule has 0 bridgehead atoms. The van der Waals surface area contributed by atoms with Gasteiger partial charge in [-0.15, -0.1) is 0 Å². The molecule has 0 aromatic carbocycles. The number of carbonyl (C=O) groups is 3. The van der Waals surface area contributed by atoms with Crippen LogP contribution in [0.5, 0.6) is 0 Å². The molecule has 0 aromatic rings. The van der Waals surface area contributed by atoms with Gasteiger partial charge in [-0.2, -0.15) is 5.01 Å². The first-order chi connectivity index (χ1) is 5.65. The lowest BCUT2D eigenvalue weighted by Gasteiger charge is -2.12. The number of thioether (sulfide) groups is 1. The topological polar surface area (TPSA) is 66.5 Å². The van der Waals surface area contributed by atoms with Gasteiger partial charge in [-0.1, -0.05) is 11.8 Å². The van der Waals surface area contributed by atoms with Crippen LogP contribution in [0.1, 0.15) is 0 Å². The largest absolute Gasteiger partial charge is 0.297 e. The van der Waals surface area contributed by atoms with E-state index < -0.39 is 17.1 Å². The Hall–Kier alpha value is -1.30. The normalized spacial score (nSPS) is 15.6. The number of carbonyl (C=O) groups excluding carboxylic acids is 3. The summed E-state index contributed by atoms with van der Waals surface area (Å²) in [5.41, 5.74) is 2.12. The van der Waals surface area contributed by atoms with Crippen LogP contribution >= 0.6 is 11.8 Å². The molecule has 3 amide bonds. The highest BCUT2D eigenvalue weighted by atomic mass is 32.2. The Morgan fingerprint density at radius 1 is 1.42 bits per heavy atom. The number of hydrogen-bond donors (Lipinski definition) is 1. The zero-order valence-electron chi connectivity index (χ0n) is 6.23. The lowest BCUT2D eigenvalue weighted by Crippen LogP contribution is -2.44. The van der Waals surface area contributed by atoms with Crippen LogP contribution in [-0.4, -0.2) is 28.3 Å². The molecule has 64 valence electrons. The van der Waals surface area contributed by atoms with Crippen molar-refractivity contribution in [2.24, 2.45) is 0 Å². The minimum absolute atomic E-state index is 0.444. The summed E-state index contributed by atoms with van der Waals surface area (Å²) in [5, 5.41) is 0.221. The zero-order valence-corrected chi connectivity index (χ0v) is 7.05. The molecule has 0 atom stereocenters. The van der Waals surface area contributed by atoms with Gasteiger partial charge in [0.25, 0.3) is 17.1 Å². The van der Waals surface area contributed by atoms with Crippen LogP contribution < -0.4 is 5.43 Å². The number of hydrazine groups is 1. The van der Waals surface area contributed by atoms with Gasteiger partial charge in [0.2, 0.25) is 0 Å². The fourth-order valence-electron chi connectivity index (χ4n) is 0.647. The number of rotatable bonds is 1. The Morgan fingerprint density at radius 3 is 2.33 bits per heavy atom. The van der Waals surface area contributed by atoms with E-state index in [4.69, 9.17) is 0 Å². The van der Waals surface area contributed by atoms with E-state index in [1.807, 2.05) is 0 Å². The Labute approximate surface area is 72.8 Å². The van der Waals surface area contributed by atoms with Gasteiger partial charge < -0.3 is 0 Å². The molecule has 0 aromatic heterocycles. The van der Waals surface area contributed by atoms with Crippen molar-refractivity contribution in [3.05, 3.63) is 12.2 Å². The summed E-state index contributed by atoms with van der Waals surface area (Å²) in [5.74, 6) is -1.05. The number of hydrogen-bond acceptors (Lipinski definition) is 4. The molecule has 0 spiro atoms. The number of imide groups is 1. The van der Waals surface area contributed by atoms with Crippen LogP contribution in [0.25, 0.3) is 0 Å². The van der Waals surface area contributed by atoms with Gasteiger partial charge >= 0.3 is 0 Å². The minimum atomic E-state index is -0.526. The first-order valence-electron chi connectivity index (χ1n) is 3.06. The van der Waals surface area contributed by atoms with Crippen molar-refractivity contribution in [1.82, 2.24) is 10.4 Å². The minimum Gasteiger partial charge on any atom is -0.267 e. The highest BCUT2D eigenvalue weighted by Crippen LogP contribution is 2.02. The molecule has 0 radical (unpaired) electrons. The summed E-state index contributed by atoms with van der Waals surface area (Å²) in [6.07, 6.45) is 3.75. The van der Waals surface area contributed by atoms with Crippen LogP contribution in [0.4, 0.5) is 4.79 Å². The van der Waals surface area contributed by atoms with E-state index in [2.05, 4.69) is 5.43 Å². The Balaban J connectivity index is 2.59. The summed E-state index contributed by atoms with van der Waals surface area (Å²) in [6, 6.07) is 0. The molecule has 0 saturated carbocycles. The molecule has 1 rings (SSSR count). The summed E-state index contributed by atoms with van der Waals surface area (Å²) >= 11 is 0.892. The van der Waals surface area contributed by atoms with Crippen molar-refractivity contribution in [1.29, 1.82) is 0 Å². The lowest BCUT2D eigenvalue weighted by molar-refractivity contribution is -0.139. The molecule has 6 heteroatoms. The highest BCUT2D eigenvalue weighted by Gasteiger charge is 2.24. The fourth-order valence-corrected chi connectivity index (χ4v) is 0.830. The van der Waals surface area contributed by atoms with Gasteiger partial charge in [0, 0.05) is 12.2 Å². The van der Waals surface area contributed by atoms with Crippen molar-refractivity contribution in [2.75, 3.05) is 6.26 Å². The second kappa shape index (κ2) is 3.40. The standard InChI is InChI=1S/C6H6N2O3S/c1-12-6(11)7-8-4(9)2-3-5(8)10/h2-3H,1H3,(H,7,11). The molecule has 5 nitrogen and oxygen atoms in total. The van der Waals surface area contributed by atoms with Gasteiger partial charge in [0.1, 0.15) is 0 Å². The summed E-state index contributed by atoms with van der Waals surface area (Å²) in [7, 11) is 0. The van der Waals surface area contributed by atoms with E-state index >= 15 is 0 Å². The third-order valence-electron chi connectivity index (χ3n) is 1.20. The van der Waals surface area contributed by atoms with Crippen LogP contribution in [0.2, 0.25) is 0 Å². The fraction of sp³-hybridized carbons (Fsp3) is 0.167. The Morgan fingerprint density at radius 2 is 1.92 bits per heavy atom. The van der Waals surface area contributed by atoms with E-state index in [-0.39, 0.29) is 0 Å². The first kappa shape index (κ1) is 8.79. The lowest BCUT2D eigenvalue weighted by atomic mass is 10.6. The SMILES string of the molecule is CSC(=O)NN1C(=O)C=CC1=O. The van der Waals surface area contributed by atoms with Crippen molar-refractivity contribution < 1.29 is 14.4 Å². The van der Waals surface area contributed by atoms with Gasteiger partial charge in [-0.25, -0.2) is 5.43 Å². The molecule has 1 N–H and O–H groups in total. The number of nitrogens with zero attached hydrogens (tertiary/aromatic N) is 1. The predicted octanol–water partition coefficient (Wildman–Crippen LogP) is -0.101. The van der Waals surface area contributed by atoms with Crippen molar-refractivity contribution in [2.45, 2.75) is 0 Å². The number of amides is 3. The molecule has 0 saturated heterocycles. The molecule has 0 unspecified atom stereocenters. The average Bonchev–Trinajstić information content (AvgIpc) is 2.35. The van der Waals surface area contributed by atoms with Crippen molar-refractivity contribution in [3.8, 4) is 0 Å². The molecular weight excluding hydrogens is 180 g/mol. The van der Waals surface area contributed by atoms with Crippen LogP contribution in [0.3, 0.4) is 0 Å². The molecule has 1 aliphatic heterocycles. The smallest absolute Gasteiger partial charge is 0.267 e. The third kappa shape index (κ3) is 1.65. The summed E-state index contributed by atoms with van der Waals surface area (Å²) < 4.78 is 0. The number of nitrogens with one attached hydrogen (secondary N) is 1.